The summed E-state index contributed by atoms with van der Waals surface area (Å²) in [6.45, 7) is 2.40. The SMILES string of the molecule is COc1ccccc1CNc1c(-c2ccc(C)cc2)c(=O)c1=O. The van der Waals surface area contributed by atoms with Crippen molar-refractivity contribution in [3.8, 4) is 16.9 Å². The second-order valence-electron chi connectivity index (χ2n) is 5.44. The number of anilines is 1. The lowest BCUT2D eigenvalue weighted by Gasteiger charge is -2.15. The molecule has 3 aromatic carbocycles. The third-order valence-electron chi connectivity index (χ3n) is 3.90. The third kappa shape index (κ3) is 2.75. The van der Waals surface area contributed by atoms with Crippen LogP contribution in [0.5, 0.6) is 5.75 Å². The van der Waals surface area contributed by atoms with Crippen LogP contribution >= 0.6 is 0 Å². The van der Waals surface area contributed by atoms with Gasteiger partial charge in [-0.25, -0.2) is 0 Å². The molecule has 1 N–H and O–H groups in total. The number of ether oxygens (including phenoxy) is 1. The minimum Gasteiger partial charge on any atom is -0.496 e. The van der Waals surface area contributed by atoms with Crippen LogP contribution in [0.25, 0.3) is 11.1 Å². The Morgan fingerprint density at radius 1 is 0.957 bits per heavy atom. The molecular formula is C19H17NO3. The second kappa shape index (κ2) is 6.08. The molecule has 0 aliphatic heterocycles. The molecular weight excluding hydrogens is 290 g/mol. The molecule has 0 saturated carbocycles. The van der Waals surface area contributed by atoms with Crippen molar-refractivity contribution < 1.29 is 4.74 Å². The van der Waals surface area contributed by atoms with E-state index in [2.05, 4.69) is 5.32 Å². The maximum atomic E-state index is 11.9. The van der Waals surface area contributed by atoms with E-state index in [9.17, 15) is 9.59 Å². The molecule has 0 radical (unpaired) electrons. The molecule has 0 spiro atoms. The maximum absolute atomic E-state index is 11.9. The number of rotatable bonds is 5. The summed E-state index contributed by atoms with van der Waals surface area (Å²) in [6.07, 6.45) is 0. The van der Waals surface area contributed by atoms with Crippen LogP contribution in [0.3, 0.4) is 0 Å². The molecule has 0 aliphatic carbocycles. The van der Waals surface area contributed by atoms with Crippen molar-refractivity contribution in [3.05, 3.63) is 80.1 Å². The molecule has 116 valence electrons. The molecule has 0 unspecified atom stereocenters. The van der Waals surface area contributed by atoms with Gasteiger partial charge in [0.1, 0.15) is 5.75 Å². The zero-order chi connectivity index (χ0) is 16.4. The molecule has 23 heavy (non-hydrogen) atoms. The number of aryl methyl sites for hydroxylation is 1. The summed E-state index contributed by atoms with van der Waals surface area (Å²) < 4.78 is 5.29. The Balaban J connectivity index is 1.87. The standard InChI is InChI=1S/C19H17NO3/c1-12-7-9-13(10-8-12)16-17(19(22)18(16)21)20-11-14-5-3-4-6-15(14)23-2/h3-10,20H,11H2,1-2H3. The zero-order valence-electron chi connectivity index (χ0n) is 13.1. The van der Waals surface area contributed by atoms with E-state index in [1.165, 1.54) is 0 Å². The van der Waals surface area contributed by atoms with Crippen molar-refractivity contribution in [2.75, 3.05) is 12.4 Å². The van der Waals surface area contributed by atoms with Gasteiger partial charge >= 0.3 is 0 Å². The van der Waals surface area contributed by atoms with Gasteiger partial charge in [-0.15, -0.1) is 0 Å². The van der Waals surface area contributed by atoms with Gasteiger partial charge in [-0.05, 0) is 18.6 Å². The van der Waals surface area contributed by atoms with Crippen LogP contribution in [0.15, 0.2) is 58.1 Å². The molecule has 0 atom stereocenters. The van der Waals surface area contributed by atoms with E-state index in [1.54, 1.807) is 7.11 Å². The third-order valence-corrected chi connectivity index (χ3v) is 3.90. The van der Waals surface area contributed by atoms with E-state index in [0.29, 0.717) is 17.8 Å². The lowest BCUT2D eigenvalue weighted by molar-refractivity contribution is 0.410. The van der Waals surface area contributed by atoms with Crippen LogP contribution < -0.4 is 20.9 Å². The Bertz CT molecular complexity index is 903. The maximum Gasteiger partial charge on any atom is 0.250 e. The van der Waals surface area contributed by atoms with Crippen LogP contribution in [-0.4, -0.2) is 7.11 Å². The molecule has 0 aliphatic rings. The van der Waals surface area contributed by atoms with E-state index in [-0.39, 0.29) is 0 Å². The summed E-state index contributed by atoms with van der Waals surface area (Å²) in [6, 6.07) is 15.1. The molecule has 0 amide bonds. The Hall–Kier alpha value is -2.88. The number of para-hydroxylation sites is 1. The topological polar surface area (TPSA) is 55.4 Å². The van der Waals surface area contributed by atoms with E-state index >= 15 is 0 Å². The minimum absolute atomic E-state index is 0.379. The normalized spacial score (nSPS) is 10.7. The first-order valence-corrected chi connectivity index (χ1v) is 7.38. The molecule has 0 heterocycles. The zero-order valence-corrected chi connectivity index (χ0v) is 13.1. The van der Waals surface area contributed by atoms with E-state index in [1.807, 2.05) is 55.5 Å². The Morgan fingerprint density at radius 3 is 2.35 bits per heavy atom. The monoisotopic (exact) mass is 307 g/mol. The highest BCUT2D eigenvalue weighted by Gasteiger charge is 2.22. The number of nitrogens with one attached hydrogen (secondary N) is 1. The molecule has 3 aromatic rings. The van der Waals surface area contributed by atoms with Gasteiger partial charge in [-0.3, -0.25) is 9.59 Å². The molecule has 0 aromatic heterocycles. The molecule has 4 nitrogen and oxygen atoms in total. The highest BCUT2D eigenvalue weighted by molar-refractivity contribution is 5.81. The van der Waals surface area contributed by atoms with E-state index in [0.717, 1.165) is 22.4 Å². The Labute approximate surface area is 134 Å². The fourth-order valence-corrected chi connectivity index (χ4v) is 2.59. The lowest BCUT2D eigenvalue weighted by Crippen LogP contribution is -2.36. The predicted molar refractivity (Wildman–Crippen MR) is 91.8 cm³/mol. The van der Waals surface area contributed by atoms with Crippen molar-refractivity contribution in [1.29, 1.82) is 0 Å². The van der Waals surface area contributed by atoms with Crippen molar-refractivity contribution >= 4 is 5.69 Å². The van der Waals surface area contributed by atoms with E-state index < -0.39 is 10.9 Å². The summed E-state index contributed by atoms with van der Waals surface area (Å²) in [5, 5.41) is 3.08. The number of benzene rings is 2. The first kappa shape index (κ1) is 15.0. The quantitative estimate of drug-likeness (QED) is 0.736. The highest BCUT2D eigenvalue weighted by Crippen LogP contribution is 2.25. The molecule has 0 bridgehead atoms. The average molecular weight is 307 g/mol. The van der Waals surface area contributed by atoms with Gasteiger partial charge in [0.25, 0.3) is 0 Å². The minimum atomic E-state index is -0.463. The van der Waals surface area contributed by atoms with Crippen molar-refractivity contribution in [1.82, 2.24) is 0 Å². The van der Waals surface area contributed by atoms with Crippen LogP contribution in [0.2, 0.25) is 0 Å². The first-order valence-electron chi connectivity index (χ1n) is 7.38. The fourth-order valence-electron chi connectivity index (χ4n) is 2.59. The molecule has 4 heteroatoms. The highest BCUT2D eigenvalue weighted by atomic mass is 16.5. The van der Waals surface area contributed by atoms with E-state index in [4.69, 9.17) is 4.74 Å². The van der Waals surface area contributed by atoms with Crippen molar-refractivity contribution in [2.24, 2.45) is 0 Å². The van der Waals surface area contributed by atoms with Gasteiger partial charge in [0, 0.05) is 12.1 Å². The van der Waals surface area contributed by atoms with Crippen LogP contribution in [0, 0.1) is 6.92 Å². The predicted octanol–water partition coefficient (Wildman–Crippen LogP) is 2.88. The van der Waals surface area contributed by atoms with Crippen LogP contribution in [-0.2, 0) is 6.54 Å². The molecule has 0 saturated heterocycles. The Kier molecular flexibility index (Phi) is 3.98. The second-order valence-corrected chi connectivity index (χ2v) is 5.44. The van der Waals surface area contributed by atoms with Gasteiger partial charge in [-0.1, -0.05) is 48.0 Å². The average Bonchev–Trinajstić information content (AvgIpc) is 2.59. The summed E-state index contributed by atoms with van der Waals surface area (Å²) in [5.74, 6) is 0.746. The number of methoxy groups -OCH3 is 1. The number of hydrogen-bond acceptors (Lipinski definition) is 4. The number of hydrogen-bond donors (Lipinski definition) is 1. The van der Waals surface area contributed by atoms with Crippen molar-refractivity contribution in [2.45, 2.75) is 13.5 Å². The smallest absolute Gasteiger partial charge is 0.250 e. The summed E-state index contributed by atoms with van der Waals surface area (Å²) in [7, 11) is 1.61. The van der Waals surface area contributed by atoms with Gasteiger partial charge < -0.3 is 10.1 Å². The van der Waals surface area contributed by atoms with Gasteiger partial charge in [-0.2, -0.15) is 0 Å². The summed E-state index contributed by atoms with van der Waals surface area (Å²) >= 11 is 0. The van der Waals surface area contributed by atoms with Gasteiger partial charge in [0.2, 0.25) is 10.9 Å². The van der Waals surface area contributed by atoms with Crippen LogP contribution in [0.4, 0.5) is 5.69 Å². The largest absolute Gasteiger partial charge is 0.496 e. The first-order chi connectivity index (χ1) is 11.1. The molecule has 0 fully saturated rings. The van der Waals surface area contributed by atoms with Crippen molar-refractivity contribution in [3.63, 3.8) is 0 Å². The fraction of sp³-hybridized carbons (Fsp3) is 0.158. The molecule has 3 rings (SSSR count). The summed E-state index contributed by atoms with van der Waals surface area (Å²) in [5.41, 5.74) is 2.75. The lowest BCUT2D eigenvalue weighted by atomic mass is 9.97. The van der Waals surface area contributed by atoms with Gasteiger partial charge in [0.15, 0.2) is 0 Å². The van der Waals surface area contributed by atoms with Crippen LogP contribution in [0.1, 0.15) is 11.1 Å². The van der Waals surface area contributed by atoms with Gasteiger partial charge in [0.05, 0.1) is 18.4 Å². The Morgan fingerprint density at radius 2 is 1.65 bits per heavy atom. The summed E-state index contributed by atoms with van der Waals surface area (Å²) in [4.78, 5) is 23.8.